The van der Waals surface area contributed by atoms with E-state index in [0.29, 0.717) is 22.6 Å². The summed E-state index contributed by atoms with van der Waals surface area (Å²) in [6.45, 7) is 0.200. The van der Waals surface area contributed by atoms with Gasteiger partial charge in [-0.05, 0) is 59.2 Å². The SMILES string of the molecule is COc1ccc([C@H]2[C@@H](C(=O)Nc3cnc4ccccc4c3)c3ccccc3C(=O)N2Cc2ccc(F)cc2)cc1. The number of fused-ring (bicyclic) bond motifs is 2. The number of carbonyl (C=O) groups is 2. The van der Waals surface area contributed by atoms with Crippen molar-refractivity contribution in [3.63, 3.8) is 0 Å². The molecule has 2 amide bonds. The molecule has 1 aromatic heterocycles. The normalized spacial score (nSPS) is 16.4. The number of para-hydroxylation sites is 1. The van der Waals surface area contributed by atoms with E-state index in [1.54, 1.807) is 42.5 Å². The zero-order valence-corrected chi connectivity index (χ0v) is 21.8. The molecule has 0 aliphatic carbocycles. The van der Waals surface area contributed by atoms with E-state index in [1.165, 1.54) is 12.1 Å². The van der Waals surface area contributed by atoms with E-state index < -0.39 is 12.0 Å². The molecule has 0 saturated heterocycles. The fourth-order valence-electron chi connectivity index (χ4n) is 5.37. The van der Waals surface area contributed by atoms with Gasteiger partial charge in [0.25, 0.3) is 5.91 Å². The fourth-order valence-corrected chi connectivity index (χ4v) is 5.37. The number of hydrogen-bond acceptors (Lipinski definition) is 4. The number of ether oxygens (including phenoxy) is 1. The van der Waals surface area contributed by atoms with Crippen molar-refractivity contribution < 1.29 is 18.7 Å². The van der Waals surface area contributed by atoms with Gasteiger partial charge in [0.15, 0.2) is 0 Å². The topological polar surface area (TPSA) is 71.5 Å². The summed E-state index contributed by atoms with van der Waals surface area (Å²) < 4.78 is 19.0. The lowest BCUT2D eigenvalue weighted by Gasteiger charge is -2.42. The molecule has 0 unspecified atom stereocenters. The Labute approximate surface area is 231 Å². The Morgan fingerprint density at radius 1 is 0.950 bits per heavy atom. The molecule has 2 atom stereocenters. The van der Waals surface area contributed by atoms with Gasteiger partial charge >= 0.3 is 0 Å². The molecule has 5 aromatic rings. The van der Waals surface area contributed by atoms with E-state index in [-0.39, 0.29) is 24.2 Å². The summed E-state index contributed by atoms with van der Waals surface area (Å²) in [5.74, 6) is -0.875. The van der Waals surface area contributed by atoms with Crippen molar-refractivity contribution in [1.29, 1.82) is 0 Å². The third kappa shape index (κ3) is 4.78. The predicted octanol–water partition coefficient (Wildman–Crippen LogP) is 6.50. The van der Waals surface area contributed by atoms with Crippen LogP contribution in [0, 0.1) is 5.82 Å². The highest BCUT2D eigenvalue weighted by Crippen LogP contribution is 2.44. The number of aromatic nitrogens is 1. The molecular weight excluding hydrogens is 505 g/mol. The van der Waals surface area contributed by atoms with Gasteiger partial charge in [0, 0.05) is 17.5 Å². The number of benzene rings is 4. The minimum absolute atomic E-state index is 0.197. The van der Waals surface area contributed by atoms with Gasteiger partial charge in [-0.15, -0.1) is 0 Å². The largest absolute Gasteiger partial charge is 0.497 e. The highest BCUT2D eigenvalue weighted by atomic mass is 19.1. The second-order valence-corrected chi connectivity index (χ2v) is 9.75. The number of carbonyl (C=O) groups excluding carboxylic acids is 2. The number of hydrogen-bond donors (Lipinski definition) is 1. The lowest BCUT2D eigenvalue weighted by Crippen LogP contribution is -2.45. The number of nitrogens with zero attached hydrogens (tertiary/aromatic N) is 2. The van der Waals surface area contributed by atoms with Crippen molar-refractivity contribution in [3.05, 3.63) is 137 Å². The second kappa shape index (κ2) is 10.6. The lowest BCUT2D eigenvalue weighted by molar-refractivity contribution is -0.119. The average molecular weight is 532 g/mol. The van der Waals surface area contributed by atoms with E-state index in [0.717, 1.165) is 22.0 Å². The molecule has 1 aliphatic heterocycles. The Bertz CT molecular complexity index is 1700. The van der Waals surface area contributed by atoms with Crippen LogP contribution in [0.4, 0.5) is 10.1 Å². The first kappa shape index (κ1) is 25.2. The fraction of sp³-hybridized carbons (Fsp3) is 0.121. The van der Waals surface area contributed by atoms with Crippen molar-refractivity contribution >= 4 is 28.4 Å². The van der Waals surface area contributed by atoms with Gasteiger partial charge in [-0.3, -0.25) is 14.6 Å². The van der Waals surface area contributed by atoms with Gasteiger partial charge in [-0.1, -0.05) is 60.7 Å². The van der Waals surface area contributed by atoms with E-state index in [9.17, 15) is 14.0 Å². The van der Waals surface area contributed by atoms with Crippen LogP contribution in [0.25, 0.3) is 10.9 Å². The Balaban J connectivity index is 1.46. The summed E-state index contributed by atoms with van der Waals surface area (Å²) in [5.41, 5.74) is 4.04. The Morgan fingerprint density at radius 3 is 2.45 bits per heavy atom. The van der Waals surface area contributed by atoms with Gasteiger partial charge in [-0.2, -0.15) is 0 Å². The Morgan fingerprint density at radius 2 is 1.68 bits per heavy atom. The Kier molecular flexibility index (Phi) is 6.70. The molecule has 0 spiro atoms. The number of methoxy groups -OCH3 is 1. The minimum Gasteiger partial charge on any atom is -0.497 e. The quantitative estimate of drug-likeness (QED) is 0.271. The maximum Gasteiger partial charge on any atom is 0.255 e. The molecular formula is C33H26FN3O3. The van der Waals surface area contributed by atoms with Gasteiger partial charge in [0.1, 0.15) is 11.6 Å². The Hall–Kier alpha value is -5.04. The molecule has 0 bridgehead atoms. The molecule has 6 nitrogen and oxygen atoms in total. The zero-order chi connectivity index (χ0) is 27.6. The van der Waals surface area contributed by atoms with Crippen LogP contribution in [0.5, 0.6) is 5.75 Å². The predicted molar refractivity (Wildman–Crippen MR) is 152 cm³/mol. The summed E-state index contributed by atoms with van der Waals surface area (Å²) >= 11 is 0. The summed E-state index contributed by atoms with van der Waals surface area (Å²) in [4.78, 5) is 34.3. The number of rotatable bonds is 6. The van der Waals surface area contributed by atoms with E-state index >= 15 is 0 Å². The van der Waals surface area contributed by atoms with Crippen molar-refractivity contribution in [2.45, 2.75) is 18.5 Å². The van der Waals surface area contributed by atoms with Crippen LogP contribution in [-0.4, -0.2) is 28.8 Å². The number of pyridine rings is 1. The zero-order valence-electron chi connectivity index (χ0n) is 21.8. The molecule has 6 rings (SSSR count). The van der Waals surface area contributed by atoms with Gasteiger partial charge in [0.05, 0.1) is 36.5 Å². The van der Waals surface area contributed by atoms with Crippen molar-refractivity contribution in [2.75, 3.05) is 12.4 Å². The summed E-state index contributed by atoms with van der Waals surface area (Å²) in [5, 5.41) is 3.97. The highest BCUT2D eigenvalue weighted by molar-refractivity contribution is 6.04. The van der Waals surface area contributed by atoms with Crippen LogP contribution >= 0.6 is 0 Å². The maximum atomic E-state index is 14.2. The maximum absolute atomic E-state index is 14.2. The number of anilines is 1. The van der Waals surface area contributed by atoms with E-state index in [4.69, 9.17) is 4.74 Å². The van der Waals surface area contributed by atoms with Crippen LogP contribution in [0.15, 0.2) is 109 Å². The van der Waals surface area contributed by atoms with Gasteiger partial charge in [-0.25, -0.2) is 4.39 Å². The molecule has 1 N–H and O–H groups in total. The molecule has 1 aliphatic rings. The summed E-state index contributed by atoms with van der Waals surface area (Å²) in [6.07, 6.45) is 1.64. The molecule has 40 heavy (non-hydrogen) atoms. The van der Waals surface area contributed by atoms with Crippen LogP contribution in [0.2, 0.25) is 0 Å². The van der Waals surface area contributed by atoms with Crippen molar-refractivity contribution in [2.24, 2.45) is 0 Å². The first-order chi connectivity index (χ1) is 19.5. The molecule has 0 saturated carbocycles. The third-order valence-corrected chi connectivity index (χ3v) is 7.30. The third-order valence-electron chi connectivity index (χ3n) is 7.30. The van der Waals surface area contributed by atoms with Gasteiger partial charge < -0.3 is 15.0 Å². The standard InChI is InChI=1S/C33H26FN3O3/c1-40-26-16-12-22(13-17-26)31-30(32(38)36-25-18-23-6-2-5-9-29(23)35-19-25)27-7-3-4-8-28(27)33(39)37(31)20-21-10-14-24(34)15-11-21/h2-19,30-31H,20H2,1H3,(H,36,38)/t30-,31-/m0/s1. The molecule has 0 fully saturated rings. The van der Waals surface area contributed by atoms with Crippen molar-refractivity contribution in [1.82, 2.24) is 9.88 Å². The minimum atomic E-state index is -0.728. The molecule has 7 heteroatoms. The van der Waals surface area contributed by atoms with Crippen LogP contribution < -0.4 is 10.1 Å². The summed E-state index contributed by atoms with van der Waals surface area (Å²) in [7, 11) is 1.59. The second-order valence-electron chi connectivity index (χ2n) is 9.75. The highest BCUT2D eigenvalue weighted by Gasteiger charge is 2.44. The molecule has 4 aromatic carbocycles. The van der Waals surface area contributed by atoms with E-state index in [2.05, 4.69) is 10.3 Å². The molecule has 2 heterocycles. The number of nitrogens with one attached hydrogen (secondary N) is 1. The van der Waals surface area contributed by atoms with Crippen LogP contribution in [0.1, 0.15) is 39.0 Å². The lowest BCUT2D eigenvalue weighted by atomic mass is 9.79. The van der Waals surface area contributed by atoms with Gasteiger partial charge in [0.2, 0.25) is 5.91 Å². The average Bonchev–Trinajstić information content (AvgIpc) is 2.99. The number of halogens is 1. The van der Waals surface area contributed by atoms with E-state index in [1.807, 2.05) is 66.7 Å². The first-order valence-corrected chi connectivity index (χ1v) is 13.0. The van der Waals surface area contributed by atoms with Crippen molar-refractivity contribution in [3.8, 4) is 5.75 Å². The molecule has 0 radical (unpaired) electrons. The van der Waals surface area contributed by atoms with Crippen LogP contribution in [-0.2, 0) is 11.3 Å². The number of amides is 2. The monoisotopic (exact) mass is 531 g/mol. The van der Waals surface area contributed by atoms with Crippen LogP contribution in [0.3, 0.4) is 0 Å². The summed E-state index contributed by atoms with van der Waals surface area (Å²) in [6, 6.07) is 29.6. The smallest absolute Gasteiger partial charge is 0.255 e. The first-order valence-electron chi connectivity index (χ1n) is 13.0. The molecule has 198 valence electrons.